The number of hydrogen-bond acceptors (Lipinski definition) is 2. The van der Waals surface area contributed by atoms with Crippen molar-refractivity contribution in [3.63, 3.8) is 0 Å². The molecule has 1 amide bonds. The van der Waals surface area contributed by atoms with E-state index in [0.29, 0.717) is 18.9 Å². The molecule has 0 aromatic heterocycles. The van der Waals surface area contributed by atoms with E-state index < -0.39 is 0 Å². The van der Waals surface area contributed by atoms with Crippen LogP contribution >= 0.6 is 0 Å². The van der Waals surface area contributed by atoms with Gasteiger partial charge in [0.2, 0.25) is 5.91 Å². The van der Waals surface area contributed by atoms with Gasteiger partial charge in [0.1, 0.15) is 0 Å². The Hall–Kier alpha value is -1.35. The van der Waals surface area contributed by atoms with Crippen LogP contribution in [0, 0.1) is 12.8 Å². The normalized spacial score (nSPS) is 12.5. The number of hydrogen-bond donors (Lipinski definition) is 2. The Morgan fingerprint density at radius 1 is 1.26 bits per heavy atom. The summed E-state index contributed by atoms with van der Waals surface area (Å²) in [4.78, 5) is 11.9. The Morgan fingerprint density at radius 3 is 2.42 bits per heavy atom. The van der Waals surface area contributed by atoms with Gasteiger partial charge in [-0.3, -0.25) is 4.79 Å². The van der Waals surface area contributed by atoms with Crippen molar-refractivity contribution in [3.05, 3.63) is 35.4 Å². The molecule has 0 saturated heterocycles. The van der Waals surface area contributed by atoms with Crippen molar-refractivity contribution in [2.24, 2.45) is 11.7 Å². The van der Waals surface area contributed by atoms with Crippen LogP contribution in [0.5, 0.6) is 0 Å². The van der Waals surface area contributed by atoms with Crippen molar-refractivity contribution in [2.45, 2.75) is 46.1 Å². The zero-order valence-electron chi connectivity index (χ0n) is 12.3. The standard InChI is InChI=1S/C16H26N2O/c1-12(2)15(10-11-17)18-16(19)9-8-14-6-4-13(3)5-7-14/h4-7,12,15H,8-11,17H2,1-3H3,(H,18,19). The fourth-order valence-electron chi connectivity index (χ4n) is 2.04. The summed E-state index contributed by atoms with van der Waals surface area (Å²) in [6, 6.07) is 8.53. The number of aryl methyl sites for hydroxylation is 2. The number of nitrogens with one attached hydrogen (secondary N) is 1. The van der Waals surface area contributed by atoms with E-state index in [2.05, 4.69) is 50.4 Å². The molecule has 0 heterocycles. The first-order valence-corrected chi connectivity index (χ1v) is 7.08. The van der Waals surface area contributed by atoms with Gasteiger partial charge in [0, 0.05) is 12.5 Å². The zero-order chi connectivity index (χ0) is 14.3. The summed E-state index contributed by atoms with van der Waals surface area (Å²) in [5, 5.41) is 3.08. The van der Waals surface area contributed by atoms with Crippen molar-refractivity contribution < 1.29 is 4.79 Å². The summed E-state index contributed by atoms with van der Waals surface area (Å²) < 4.78 is 0. The van der Waals surface area contributed by atoms with Gasteiger partial charge in [-0.1, -0.05) is 43.7 Å². The topological polar surface area (TPSA) is 55.1 Å². The lowest BCUT2D eigenvalue weighted by Crippen LogP contribution is -2.40. The summed E-state index contributed by atoms with van der Waals surface area (Å²) in [5.74, 6) is 0.541. The van der Waals surface area contributed by atoms with Crippen LogP contribution in [-0.2, 0) is 11.2 Å². The maximum atomic E-state index is 11.9. The fourth-order valence-corrected chi connectivity index (χ4v) is 2.04. The van der Waals surface area contributed by atoms with Crippen molar-refractivity contribution in [2.75, 3.05) is 6.54 Å². The molecule has 0 spiro atoms. The summed E-state index contributed by atoms with van der Waals surface area (Å²) >= 11 is 0. The monoisotopic (exact) mass is 262 g/mol. The van der Waals surface area contributed by atoms with E-state index in [1.165, 1.54) is 11.1 Å². The Bertz CT molecular complexity index is 384. The molecule has 3 heteroatoms. The second-order valence-electron chi connectivity index (χ2n) is 5.48. The quantitative estimate of drug-likeness (QED) is 0.793. The van der Waals surface area contributed by atoms with Crippen LogP contribution in [0.2, 0.25) is 0 Å². The number of carbonyl (C=O) groups excluding carboxylic acids is 1. The highest BCUT2D eigenvalue weighted by Gasteiger charge is 2.14. The van der Waals surface area contributed by atoms with Gasteiger partial charge in [-0.05, 0) is 37.8 Å². The minimum absolute atomic E-state index is 0.118. The van der Waals surface area contributed by atoms with E-state index in [9.17, 15) is 4.79 Å². The summed E-state index contributed by atoms with van der Waals surface area (Å²) in [6.45, 7) is 6.90. The van der Waals surface area contributed by atoms with Gasteiger partial charge < -0.3 is 11.1 Å². The Labute approximate surface area is 116 Å². The minimum atomic E-state index is 0.118. The Morgan fingerprint density at radius 2 is 1.89 bits per heavy atom. The van der Waals surface area contributed by atoms with E-state index in [0.717, 1.165) is 12.8 Å². The molecule has 1 aromatic rings. The Balaban J connectivity index is 2.40. The largest absolute Gasteiger partial charge is 0.353 e. The van der Waals surface area contributed by atoms with Crippen LogP contribution in [0.1, 0.15) is 37.8 Å². The number of carbonyl (C=O) groups is 1. The third-order valence-electron chi connectivity index (χ3n) is 3.39. The van der Waals surface area contributed by atoms with Gasteiger partial charge in [-0.15, -0.1) is 0 Å². The number of nitrogens with two attached hydrogens (primary N) is 1. The lowest BCUT2D eigenvalue weighted by molar-refractivity contribution is -0.122. The van der Waals surface area contributed by atoms with Crippen LogP contribution < -0.4 is 11.1 Å². The van der Waals surface area contributed by atoms with Crippen molar-refractivity contribution in [1.29, 1.82) is 0 Å². The second-order valence-corrected chi connectivity index (χ2v) is 5.48. The van der Waals surface area contributed by atoms with Gasteiger partial charge in [0.15, 0.2) is 0 Å². The second kappa shape index (κ2) is 7.95. The molecule has 0 aliphatic carbocycles. The first-order chi connectivity index (χ1) is 9.02. The maximum Gasteiger partial charge on any atom is 0.220 e. The van der Waals surface area contributed by atoms with E-state index in [4.69, 9.17) is 5.73 Å². The van der Waals surface area contributed by atoms with Crippen LogP contribution in [0.3, 0.4) is 0 Å². The maximum absolute atomic E-state index is 11.9. The highest BCUT2D eigenvalue weighted by molar-refractivity contribution is 5.76. The van der Waals surface area contributed by atoms with Gasteiger partial charge in [0.05, 0.1) is 0 Å². The van der Waals surface area contributed by atoms with Crippen molar-refractivity contribution in [1.82, 2.24) is 5.32 Å². The first-order valence-electron chi connectivity index (χ1n) is 7.08. The van der Waals surface area contributed by atoms with Gasteiger partial charge in [-0.2, -0.15) is 0 Å². The molecule has 0 bridgehead atoms. The van der Waals surface area contributed by atoms with Gasteiger partial charge in [0.25, 0.3) is 0 Å². The van der Waals surface area contributed by atoms with E-state index in [-0.39, 0.29) is 11.9 Å². The molecule has 1 rings (SSSR count). The lowest BCUT2D eigenvalue weighted by atomic mass is 10.0. The molecule has 0 aliphatic rings. The molecule has 0 saturated carbocycles. The third kappa shape index (κ3) is 5.88. The average molecular weight is 262 g/mol. The van der Waals surface area contributed by atoms with Gasteiger partial charge in [-0.25, -0.2) is 0 Å². The molecule has 1 atom stereocenters. The molecular weight excluding hydrogens is 236 g/mol. The van der Waals surface area contributed by atoms with Crippen LogP contribution in [0.4, 0.5) is 0 Å². The predicted octanol–water partition coefficient (Wildman–Crippen LogP) is 2.42. The molecule has 1 aromatic carbocycles. The zero-order valence-corrected chi connectivity index (χ0v) is 12.3. The summed E-state index contributed by atoms with van der Waals surface area (Å²) in [5.41, 5.74) is 8.03. The van der Waals surface area contributed by atoms with Crippen LogP contribution in [-0.4, -0.2) is 18.5 Å². The van der Waals surface area contributed by atoms with Gasteiger partial charge >= 0.3 is 0 Å². The number of rotatable bonds is 7. The highest BCUT2D eigenvalue weighted by Crippen LogP contribution is 2.08. The molecule has 3 nitrogen and oxygen atoms in total. The minimum Gasteiger partial charge on any atom is -0.353 e. The summed E-state index contributed by atoms with van der Waals surface area (Å²) in [7, 11) is 0. The predicted molar refractivity (Wildman–Crippen MR) is 79.9 cm³/mol. The average Bonchev–Trinajstić information content (AvgIpc) is 2.37. The van der Waals surface area contributed by atoms with E-state index >= 15 is 0 Å². The first kappa shape index (κ1) is 15.7. The highest BCUT2D eigenvalue weighted by atomic mass is 16.1. The molecule has 0 aliphatic heterocycles. The molecule has 3 N–H and O–H groups in total. The summed E-state index contributed by atoms with van der Waals surface area (Å²) in [6.07, 6.45) is 2.17. The van der Waals surface area contributed by atoms with Crippen LogP contribution in [0.25, 0.3) is 0 Å². The molecule has 0 radical (unpaired) electrons. The SMILES string of the molecule is Cc1ccc(CCC(=O)NC(CCN)C(C)C)cc1. The lowest BCUT2D eigenvalue weighted by Gasteiger charge is -2.21. The molecule has 19 heavy (non-hydrogen) atoms. The molecule has 1 unspecified atom stereocenters. The van der Waals surface area contributed by atoms with E-state index in [1.54, 1.807) is 0 Å². The number of benzene rings is 1. The Kier molecular flexibility index (Phi) is 6.57. The van der Waals surface area contributed by atoms with Crippen molar-refractivity contribution in [3.8, 4) is 0 Å². The molecule has 0 fully saturated rings. The molecular formula is C16H26N2O. The third-order valence-corrected chi connectivity index (χ3v) is 3.39. The van der Waals surface area contributed by atoms with Crippen molar-refractivity contribution >= 4 is 5.91 Å². The number of amides is 1. The smallest absolute Gasteiger partial charge is 0.220 e. The van der Waals surface area contributed by atoms with Crippen LogP contribution in [0.15, 0.2) is 24.3 Å². The van der Waals surface area contributed by atoms with E-state index in [1.807, 2.05) is 0 Å². The fraction of sp³-hybridized carbons (Fsp3) is 0.562. The molecule has 106 valence electrons.